The Morgan fingerprint density at radius 3 is 2.67 bits per heavy atom. The minimum absolute atomic E-state index is 0.00846. The van der Waals surface area contributed by atoms with E-state index in [1.807, 2.05) is 42.5 Å². The fourth-order valence-corrected chi connectivity index (χ4v) is 4.41. The van der Waals surface area contributed by atoms with Crippen LogP contribution in [0.15, 0.2) is 42.5 Å². The zero-order valence-corrected chi connectivity index (χ0v) is 16.0. The van der Waals surface area contributed by atoms with Gasteiger partial charge in [0.2, 0.25) is 5.91 Å². The summed E-state index contributed by atoms with van der Waals surface area (Å²) in [7, 11) is 0. The van der Waals surface area contributed by atoms with Gasteiger partial charge in [-0.1, -0.05) is 42.6 Å². The molecule has 0 bridgehead atoms. The van der Waals surface area contributed by atoms with Crippen LogP contribution in [0.1, 0.15) is 48.5 Å². The lowest BCUT2D eigenvalue weighted by atomic mass is 9.78. The number of carbonyl (C=O) groups excluding carboxylic acids is 1. The van der Waals surface area contributed by atoms with Crippen LogP contribution in [0, 0.1) is 0 Å². The standard InChI is InChI=1S/C22H24ClNO3/c23-18-6-4-17(5-7-18)22(10-1-2-11-22)21(26)24-14-19(25)15-3-8-20-16(13-15)9-12-27-20/h3-8,13,19,25H,1-2,9-12,14H2,(H,24,26). The van der Waals surface area contributed by atoms with Crippen molar-refractivity contribution >= 4 is 17.5 Å². The van der Waals surface area contributed by atoms with Gasteiger partial charge in [-0.25, -0.2) is 0 Å². The third-order valence-electron chi connectivity index (χ3n) is 5.84. The molecule has 4 rings (SSSR count). The van der Waals surface area contributed by atoms with E-state index in [9.17, 15) is 9.90 Å². The van der Waals surface area contributed by atoms with Gasteiger partial charge in [0, 0.05) is 18.0 Å². The molecule has 2 aliphatic rings. The first-order chi connectivity index (χ1) is 13.1. The second-order valence-electron chi connectivity index (χ2n) is 7.49. The Balaban J connectivity index is 1.46. The lowest BCUT2D eigenvalue weighted by Gasteiger charge is -2.29. The molecule has 0 radical (unpaired) electrons. The number of aliphatic hydroxyl groups is 1. The Bertz CT molecular complexity index is 828. The minimum atomic E-state index is -0.733. The van der Waals surface area contributed by atoms with Gasteiger partial charge in [0.1, 0.15) is 5.75 Å². The van der Waals surface area contributed by atoms with E-state index in [0.717, 1.165) is 54.5 Å². The van der Waals surface area contributed by atoms with Crippen molar-refractivity contribution in [2.75, 3.05) is 13.2 Å². The number of fused-ring (bicyclic) bond motifs is 1. The molecule has 0 spiro atoms. The zero-order chi connectivity index (χ0) is 18.9. The van der Waals surface area contributed by atoms with Gasteiger partial charge in [0.05, 0.1) is 18.1 Å². The third-order valence-corrected chi connectivity index (χ3v) is 6.09. The normalized spacial score (nSPS) is 18.6. The molecule has 1 heterocycles. The van der Waals surface area contributed by atoms with Crippen LogP contribution in [-0.4, -0.2) is 24.2 Å². The quantitative estimate of drug-likeness (QED) is 0.819. The highest BCUT2D eigenvalue weighted by molar-refractivity contribution is 6.30. The molecule has 2 aromatic carbocycles. The maximum atomic E-state index is 13.1. The SMILES string of the molecule is O=C(NCC(O)c1ccc2c(c1)CCO2)C1(c2ccc(Cl)cc2)CCCC1. The largest absolute Gasteiger partial charge is 0.493 e. The van der Waals surface area contributed by atoms with Gasteiger partial charge in [-0.2, -0.15) is 0 Å². The van der Waals surface area contributed by atoms with Crippen LogP contribution in [0.3, 0.4) is 0 Å². The molecule has 1 unspecified atom stereocenters. The monoisotopic (exact) mass is 385 g/mol. The van der Waals surface area contributed by atoms with Gasteiger partial charge in [0.25, 0.3) is 0 Å². The molecule has 27 heavy (non-hydrogen) atoms. The molecular weight excluding hydrogens is 362 g/mol. The zero-order valence-electron chi connectivity index (χ0n) is 15.2. The number of ether oxygens (including phenoxy) is 1. The topological polar surface area (TPSA) is 58.6 Å². The summed E-state index contributed by atoms with van der Waals surface area (Å²) in [6.45, 7) is 0.892. The highest BCUT2D eigenvalue weighted by Crippen LogP contribution is 2.41. The number of rotatable bonds is 5. The average molecular weight is 386 g/mol. The summed E-state index contributed by atoms with van der Waals surface area (Å²) in [5.41, 5.74) is 2.42. The fourth-order valence-electron chi connectivity index (χ4n) is 4.28. The Morgan fingerprint density at radius 1 is 1.19 bits per heavy atom. The Morgan fingerprint density at radius 2 is 1.93 bits per heavy atom. The number of benzene rings is 2. The lowest BCUT2D eigenvalue weighted by Crippen LogP contribution is -2.44. The summed E-state index contributed by atoms with van der Waals surface area (Å²) in [6, 6.07) is 13.3. The van der Waals surface area contributed by atoms with Crippen LogP contribution in [0.5, 0.6) is 5.75 Å². The highest BCUT2D eigenvalue weighted by atomic mass is 35.5. The van der Waals surface area contributed by atoms with E-state index in [1.165, 1.54) is 0 Å². The maximum Gasteiger partial charge on any atom is 0.230 e. The van der Waals surface area contributed by atoms with Crippen molar-refractivity contribution < 1.29 is 14.6 Å². The summed E-state index contributed by atoms with van der Waals surface area (Å²) in [5.74, 6) is 0.883. The van der Waals surface area contributed by atoms with Crippen LogP contribution >= 0.6 is 11.6 Å². The number of amides is 1. The third kappa shape index (κ3) is 3.56. The molecule has 1 saturated carbocycles. The molecule has 2 N–H and O–H groups in total. The van der Waals surface area contributed by atoms with Gasteiger partial charge in [-0.3, -0.25) is 4.79 Å². The predicted octanol–water partition coefficient (Wildman–Crippen LogP) is 3.94. The highest BCUT2D eigenvalue weighted by Gasteiger charge is 2.42. The summed E-state index contributed by atoms with van der Waals surface area (Å²) in [6.07, 6.45) is 3.84. The molecule has 2 aromatic rings. The van der Waals surface area contributed by atoms with Gasteiger partial charge in [-0.05, 0) is 53.8 Å². The van der Waals surface area contributed by atoms with E-state index >= 15 is 0 Å². The van der Waals surface area contributed by atoms with Crippen molar-refractivity contribution in [1.29, 1.82) is 0 Å². The Hall–Kier alpha value is -2.04. The summed E-state index contributed by atoms with van der Waals surface area (Å²) in [4.78, 5) is 13.1. The van der Waals surface area contributed by atoms with Crippen molar-refractivity contribution in [3.8, 4) is 5.75 Å². The van der Waals surface area contributed by atoms with E-state index in [2.05, 4.69) is 5.32 Å². The van der Waals surface area contributed by atoms with E-state index in [1.54, 1.807) is 0 Å². The summed E-state index contributed by atoms with van der Waals surface area (Å²) in [5, 5.41) is 14.2. The lowest BCUT2D eigenvalue weighted by molar-refractivity contribution is -0.127. The molecule has 1 aliphatic carbocycles. The van der Waals surface area contributed by atoms with Crippen LogP contribution in [-0.2, 0) is 16.6 Å². The smallest absolute Gasteiger partial charge is 0.230 e. The van der Waals surface area contributed by atoms with Crippen molar-refractivity contribution in [3.05, 3.63) is 64.2 Å². The second kappa shape index (κ2) is 7.53. The Kier molecular flexibility index (Phi) is 5.11. The molecule has 0 aromatic heterocycles. The number of nitrogens with one attached hydrogen (secondary N) is 1. The maximum absolute atomic E-state index is 13.1. The van der Waals surface area contributed by atoms with E-state index in [4.69, 9.17) is 16.3 Å². The van der Waals surface area contributed by atoms with Crippen molar-refractivity contribution in [3.63, 3.8) is 0 Å². The number of hydrogen-bond donors (Lipinski definition) is 2. The molecule has 1 amide bonds. The molecule has 4 nitrogen and oxygen atoms in total. The number of aliphatic hydroxyl groups excluding tert-OH is 1. The second-order valence-corrected chi connectivity index (χ2v) is 7.92. The first-order valence-electron chi connectivity index (χ1n) is 9.56. The first-order valence-corrected chi connectivity index (χ1v) is 9.94. The van der Waals surface area contributed by atoms with E-state index in [0.29, 0.717) is 11.6 Å². The van der Waals surface area contributed by atoms with Crippen molar-refractivity contribution in [2.24, 2.45) is 0 Å². The molecule has 1 fully saturated rings. The first kappa shape index (κ1) is 18.3. The van der Waals surface area contributed by atoms with Crippen LogP contribution < -0.4 is 10.1 Å². The predicted molar refractivity (Wildman–Crippen MR) is 105 cm³/mol. The van der Waals surface area contributed by atoms with Crippen molar-refractivity contribution in [2.45, 2.75) is 43.6 Å². The molecular formula is C22H24ClNO3. The summed E-state index contributed by atoms with van der Waals surface area (Å²) >= 11 is 6.01. The number of halogens is 1. The van der Waals surface area contributed by atoms with Crippen LogP contribution in [0.25, 0.3) is 0 Å². The fraction of sp³-hybridized carbons (Fsp3) is 0.409. The average Bonchev–Trinajstić information content (AvgIpc) is 3.35. The van der Waals surface area contributed by atoms with Crippen LogP contribution in [0.4, 0.5) is 0 Å². The van der Waals surface area contributed by atoms with Crippen LogP contribution in [0.2, 0.25) is 5.02 Å². The molecule has 1 aliphatic heterocycles. The van der Waals surface area contributed by atoms with Gasteiger partial charge < -0.3 is 15.2 Å². The summed E-state index contributed by atoms with van der Waals surface area (Å²) < 4.78 is 5.51. The number of hydrogen-bond acceptors (Lipinski definition) is 3. The Labute approximate surface area is 164 Å². The molecule has 1 atom stereocenters. The number of carbonyl (C=O) groups is 1. The molecule has 5 heteroatoms. The van der Waals surface area contributed by atoms with Gasteiger partial charge in [0.15, 0.2) is 0 Å². The van der Waals surface area contributed by atoms with Gasteiger partial charge in [-0.15, -0.1) is 0 Å². The molecule has 0 saturated heterocycles. The van der Waals surface area contributed by atoms with E-state index < -0.39 is 11.5 Å². The van der Waals surface area contributed by atoms with E-state index in [-0.39, 0.29) is 12.5 Å². The molecule has 142 valence electrons. The minimum Gasteiger partial charge on any atom is -0.493 e. The van der Waals surface area contributed by atoms with Gasteiger partial charge >= 0.3 is 0 Å². The van der Waals surface area contributed by atoms with Crippen molar-refractivity contribution in [1.82, 2.24) is 5.32 Å².